The van der Waals surface area contributed by atoms with E-state index < -0.39 is 23.4 Å². The Morgan fingerprint density at radius 2 is 1.71 bits per heavy atom. The Bertz CT molecular complexity index is 495. The molecule has 0 aliphatic heterocycles. The fraction of sp³-hybridized carbons (Fsp3) is 0.533. The number of rotatable bonds is 4. The number of halogens is 4. The molecule has 21 heavy (non-hydrogen) atoms. The molecular weight excluding hydrogens is 347 g/mol. The molecule has 0 unspecified atom stereocenters. The summed E-state index contributed by atoms with van der Waals surface area (Å²) in [4.78, 5) is 14.1. The van der Waals surface area contributed by atoms with E-state index in [2.05, 4.69) is 15.9 Å². The van der Waals surface area contributed by atoms with Crippen LogP contribution in [0.1, 0.15) is 42.5 Å². The van der Waals surface area contributed by atoms with Crippen molar-refractivity contribution in [3.8, 4) is 0 Å². The van der Waals surface area contributed by atoms with Crippen LogP contribution >= 0.6 is 15.9 Å². The van der Waals surface area contributed by atoms with E-state index in [1.54, 1.807) is 4.90 Å². The molecule has 0 atom stereocenters. The van der Waals surface area contributed by atoms with Gasteiger partial charge in [0.25, 0.3) is 5.91 Å². The van der Waals surface area contributed by atoms with Gasteiger partial charge in [-0.15, -0.1) is 0 Å². The van der Waals surface area contributed by atoms with Gasteiger partial charge in [-0.1, -0.05) is 35.2 Å². The quantitative estimate of drug-likeness (QED) is 0.577. The van der Waals surface area contributed by atoms with Crippen LogP contribution < -0.4 is 0 Å². The van der Waals surface area contributed by atoms with Gasteiger partial charge in [0.2, 0.25) is 0 Å². The molecule has 1 aromatic rings. The highest BCUT2D eigenvalue weighted by molar-refractivity contribution is 9.09. The fourth-order valence-electron chi connectivity index (χ4n) is 2.78. The average molecular weight is 364 g/mol. The third kappa shape index (κ3) is 3.78. The Morgan fingerprint density at radius 3 is 2.24 bits per heavy atom. The number of hydrogen-bond acceptors (Lipinski definition) is 1. The van der Waals surface area contributed by atoms with Gasteiger partial charge in [-0.2, -0.15) is 0 Å². The summed E-state index contributed by atoms with van der Waals surface area (Å²) in [6, 6.07) is 1.62. The van der Waals surface area contributed by atoms with E-state index in [4.69, 9.17) is 0 Å². The maximum atomic E-state index is 13.3. The summed E-state index contributed by atoms with van der Waals surface area (Å²) in [5.41, 5.74) is -0.141. The van der Waals surface area contributed by atoms with Crippen LogP contribution in [0, 0.1) is 17.5 Å². The van der Waals surface area contributed by atoms with Gasteiger partial charge in [0.1, 0.15) is 0 Å². The molecule has 0 bridgehead atoms. The summed E-state index contributed by atoms with van der Waals surface area (Å²) >= 11 is 3.30. The van der Waals surface area contributed by atoms with Crippen LogP contribution in [0.3, 0.4) is 0 Å². The molecule has 1 fully saturated rings. The van der Waals surface area contributed by atoms with Gasteiger partial charge >= 0.3 is 0 Å². The van der Waals surface area contributed by atoms with Crippen molar-refractivity contribution in [1.82, 2.24) is 4.90 Å². The number of carbonyl (C=O) groups is 1. The second-order valence-electron chi connectivity index (χ2n) is 5.23. The second kappa shape index (κ2) is 7.29. The van der Waals surface area contributed by atoms with E-state index in [0.29, 0.717) is 11.9 Å². The predicted octanol–water partition coefficient (Wildman–Crippen LogP) is 4.27. The summed E-state index contributed by atoms with van der Waals surface area (Å²) in [6.45, 7) is 0.462. The summed E-state index contributed by atoms with van der Waals surface area (Å²) < 4.78 is 39.6. The first-order chi connectivity index (χ1) is 10.0. The van der Waals surface area contributed by atoms with Gasteiger partial charge in [0, 0.05) is 23.5 Å². The number of benzene rings is 1. The number of hydrogen-bond donors (Lipinski definition) is 0. The lowest BCUT2D eigenvalue weighted by Gasteiger charge is -2.34. The fourth-order valence-corrected chi connectivity index (χ4v) is 3.16. The summed E-state index contributed by atoms with van der Waals surface area (Å²) in [7, 11) is 0. The lowest BCUT2D eigenvalue weighted by molar-refractivity contribution is 0.0650. The molecule has 6 heteroatoms. The maximum Gasteiger partial charge on any atom is 0.254 e. The smallest absolute Gasteiger partial charge is 0.254 e. The third-order valence-corrected chi connectivity index (χ3v) is 4.19. The first kappa shape index (κ1) is 16.3. The van der Waals surface area contributed by atoms with Crippen LogP contribution in [0.25, 0.3) is 0 Å². The highest BCUT2D eigenvalue weighted by Crippen LogP contribution is 2.25. The monoisotopic (exact) mass is 363 g/mol. The Morgan fingerprint density at radius 1 is 1.14 bits per heavy atom. The highest BCUT2D eigenvalue weighted by atomic mass is 79.9. The molecule has 1 amide bonds. The van der Waals surface area contributed by atoms with Crippen molar-refractivity contribution >= 4 is 21.8 Å². The maximum absolute atomic E-state index is 13.3. The molecule has 2 nitrogen and oxygen atoms in total. The predicted molar refractivity (Wildman–Crippen MR) is 78.0 cm³/mol. The van der Waals surface area contributed by atoms with E-state index in [1.807, 2.05) is 0 Å². The van der Waals surface area contributed by atoms with Crippen molar-refractivity contribution in [1.29, 1.82) is 0 Å². The van der Waals surface area contributed by atoms with E-state index >= 15 is 0 Å². The summed E-state index contributed by atoms with van der Waals surface area (Å²) in [6.07, 6.45) is 5.02. The molecule has 0 spiro atoms. The Balaban J connectivity index is 2.25. The first-order valence-electron chi connectivity index (χ1n) is 7.06. The van der Waals surface area contributed by atoms with Crippen LogP contribution in [-0.2, 0) is 0 Å². The molecule has 0 N–H and O–H groups in total. The molecule has 0 radical (unpaired) electrons. The minimum absolute atomic E-state index is 0.0833. The standard InChI is InChI=1S/C15H17BrF3NO/c16-6-7-20(11-4-2-1-3-5-11)15(21)10-8-12(17)14(19)13(18)9-10/h8-9,11H,1-7H2. The van der Waals surface area contributed by atoms with Gasteiger partial charge in [-0.3, -0.25) is 4.79 Å². The highest BCUT2D eigenvalue weighted by Gasteiger charge is 2.27. The van der Waals surface area contributed by atoms with Gasteiger partial charge in [-0.25, -0.2) is 13.2 Å². The number of amides is 1. The van der Waals surface area contributed by atoms with Crippen LogP contribution in [0.2, 0.25) is 0 Å². The third-order valence-electron chi connectivity index (χ3n) is 3.83. The Kier molecular flexibility index (Phi) is 5.67. The Hall–Kier alpha value is -1.04. The normalized spacial score (nSPS) is 16.0. The minimum atomic E-state index is -1.55. The zero-order valence-electron chi connectivity index (χ0n) is 11.5. The SMILES string of the molecule is O=C(c1cc(F)c(F)c(F)c1)N(CCBr)C1CCCCC1. The molecule has 1 aliphatic carbocycles. The molecule has 1 aromatic carbocycles. The van der Waals surface area contributed by atoms with E-state index in [0.717, 1.165) is 44.2 Å². The van der Waals surface area contributed by atoms with Crippen LogP contribution in [0.5, 0.6) is 0 Å². The van der Waals surface area contributed by atoms with Crippen molar-refractivity contribution < 1.29 is 18.0 Å². The number of alkyl halides is 1. The van der Waals surface area contributed by atoms with Crippen molar-refractivity contribution in [3.05, 3.63) is 35.1 Å². The van der Waals surface area contributed by atoms with Crippen molar-refractivity contribution in [2.24, 2.45) is 0 Å². The molecule has 116 valence electrons. The van der Waals surface area contributed by atoms with E-state index in [9.17, 15) is 18.0 Å². The number of nitrogens with zero attached hydrogens (tertiary/aromatic N) is 1. The molecule has 1 aliphatic rings. The van der Waals surface area contributed by atoms with Crippen molar-refractivity contribution in [3.63, 3.8) is 0 Å². The minimum Gasteiger partial charge on any atom is -0.335 e. The molecule has 0 saturated heterocycles. The van der Waals surface area contributed by atoms with Crippen LogP contribution in [0.4, 0.5) is 13.2 Å². The molecule has 0 aromatic heterocycles. The van der Waals surface area contributed by atoms with Gasteiger partial charge < -0.3 is 4.90 Å². The largest absolute Gasteiger partial charge is 0.335 e. The molecule has 0 heterocycles. The second-order valence-corrected chi connectivity index (χ2v) is 6.03. The van der Waals surface area contributed by atoms with E-state index in [-0.39, 0.29) is 11.6 Å². The topological polar surface area (TPSA) is 20.3 Å². The zero-order valence-corrected chi connectivity index (χ0v) is 13.1. The summed E-state index contributed by atoms with van der Waals surface area (Å²) in [5.74, 6) is -4.66. The molecule has 2 rings (SSSR count). The van der Waals surface area contributed by atoms with Gasteiger partial charge in [0.05, 0.1) is 0 Å². The van der Waals surface area contributed by atoms with Crippen LogP contribution in [-0.4, -0.2) is 28.7 Å². The zero-order chi connectivity index (χ0) is 15.4. The molecule has 1 saturated carbocycles. The van der Waals surface area contributed by atoms with Crippen molar-refractivity contribution in [2.75, 3.05) is 11.9 Å². The average Bonchev–Trinajstić information content (AvgIpc) is 2.50. The van der Waals surface area contributed by atoms with Gasteiger partial charge in [0.15, 0.2) is 17.5 Å². The van der Waals surface area contributed by atoms with Crippen molar-refractivity contribution in [2.45, 2.75) is 38.1 Å². The van der Waals surface area contributed by atoms with Crippen LogP contribution in [0.15, 0.2) is 12.1 Å². The van der Waals surface area contributed by atoms with E-state index in [1.165, 1.54) is 0 Å². The summed E-state index contributed by atoms with van der Waals surface area (Å²) in [5, 5.41) is 0.585. The van der Waals surface area contributed by atoms with Gasteiger partial charge in [-0.05, 0) is 25.0 Å². The first-order valence-corrected chi connectivity index (χ1v) is 8.18. The number of carbonyl (C=O) groups excluding carboxylic acids is 1. The molecular formula is C15H17BrF3NO. The Labute approximate surface area is 130 Å². The lowest BCUT2D eigenvalue weighted by Crippen LogP contribution is -2.42. The lowest BCUT2D eigenvalue weighted by atomic mass is 9.93.